The lowest BCUT2D eigenvalue weighted by atomic mass is 9.91. The fourth-order valence-electron chi connectivity index (χ4n) is 3.44. The SMILES string of the molecule is CNC(Cc1c(Cl)c(C)nn1C)CC1CCCCCC1. The molecule has 1 aromatic rings. The first-order chi connectivity index (χ1) is 9.61. The van der Waals surface area contributed by atoms with Crippen LogP contribution in [0, 0.1) is 12.8 Å². The largest absolute Gasteiger partial charge is 0.317 e. The Morgan fingerprint density at radius 2 is 1.95 bits per heavy atom. The molecule has 1 aromatic heterocycles. The zero-order valence-electron chi connectivity index (χ0n) is 13.1. The summed E-state index contributed by atoms with van der Waals surface area (Å²) in [5.41, 5.74) is 2.10. The van der Waals surface area contributed by atoms with Crippen LogP contribution in [0.2, 0.25) is 5.02 Å². The number of aromatic nitrogens is 2. The van der Waals surface area contributed by atoms with Gasteiger partial charge in [0.15, 0.2) is 0 Å². The summed E-state index contributed by atoms with van der Waals surface area (Å²) in [6.07, 6.45) is 10.7. The zero-order chi connectivity index (χ0) is 14.5. The average molecular weight is 298 g/mol. The highest BCUT2D eigenvalue weighted by Gasteiger charge is 2.20. The van der Waals surface area contributed by atoms with E-state index in [0.29, 0.717) is 6.04 Å². The maximum atomic E-state index is 6.37. The van der Waals surface area contributed by atoms with Gasteiger partial charge in [-0.15, -0.1) is 0 Å². The van der Waals surface area contributed by atoms with Gasteiger partial charge in [-0.05, 0) is 26.3 Å². The molecule has 1 fully saturated rings. The lowest BCUT2D eigenvalue weighted by Gasteiger charge is -2.22. The summed E-state index contributed by atoms with van der Waals surface area (Å²) >= 11 is 6.37. The summed E-state index contributed by atoms with van der Waals surface area (Å²) in [5, 5.41) is 8.74. The van der Waals surface area contributed by atoms with E-state index < -0.39 is 0 Å². The summed E-state index contributed by atoms with van der Waals surface area (Å²) in [7, 11) is 4.06. The predicted octanol–water partition coefficient (Wildman–Crippen LogP) is 3.87. The van der Waals surface area contributed by atoms with Crippen molar-refractivity contribution in [3.05, 3.63) is 16.4 Å². The van der Waals surface area contributed by atoms with Crippen molar-refractivity contribution in [1.29, 1.82) is 0 Å². The van der Waals surface area contributed by atoms with Crippen molar-refractivity contribution in [2.24, 2.45) is 13.0 Å². The van der Waals surface area contributed by atoms with Gasteiger partial charge in [0.05, 0.1) is 16.4 Å². The maximum Gasteiger partial charge on any atom is 0.0847 e. The molecule has 0 spiro atoms. The number of halogens is 1. The summed E-state index contributed by atoms with van der Waals surface area (Å²) < 4.78 is 1.94. The molecular weight excluding hydrogens is 270 g/mol. The number of aryl methyl sites for hydroxylation is 2. The van der Waals surface area contributed by atoms with Gasteiger partial charge in [-0.1, -0.05) is 50.1 Å². The minimum absolute atomic E-state index is 0.505. The lowest BCUT2D eigenvalue weighted by molar-refractivity contribution is 0.358. The van der Waals surface area contributed by atoms with Crippen molar-refractivity contribution in [2.75, 3.05) is 7.05 Å². The molecule has 1 heterocycles. The molecule has 1 N–H and O–H groups in total. The van der Waals surface area contributed by atoms with Gasteiger partial charge < -0.3 is 5.32 Å². The van der Waals surface area contributed by atoms with Gasteiger partial charge >= 0.3 is 0 Å². The highest BCUT2D eigenvalue weighted by Crippen LogP contribution is 2.28. The molecule has 0 bridgehead atoms. The summed E-state index contributed by atoms with van der Waals surface area (Å²) in [6, 6.07) is 0.505. The maximum absolute atomic E-state index is 6.37. The summed E-state index contributed by atoms with van der Waals surface area (Å²) in [6.45, 7) is 1.98. The first-order valence-electron chi connectivity index (χ1n) is 7.97. The molecular formula is C16H28ClN3. The van der Waals surface area contributed by atoms with Gasteiger partial charge in [-0.2, -0.15) is 5.10 Å². The third-order valence-corrected chi connectivity index (χ3v) is 5.19. The molecule has 1 unspecified atom stereocenters. The van der Waals surface area contributed by atoms with E-state index in [1.165, 1.54) is 44.9 Å². The van der Waals surface area contributed by atoms with Gasteiger partial charge in [0, 0.05) is 19.5 Å². The molecule has 2 rings (SSSR count). The minimum atomic E-state index is 0.505. The highest BCUT2D eigenvalue weighted by atomic mass is 35.5. The zero-order valence-corrected chi connectivity index (χ0v) is 13.8. The van der Waals surface area contributed by atoms with Gasteiger partial charge in [0.25, 0.3) is 0 Å². The van der Waals surface area contributed by atoms with Crippen LogP contribution >= 0.6 is 11.6 Å². The molecule has 0 aliphatic heterocycles. The van der Waals surface area contributed by atoms with Crippen LogP contribution in [0.15, 0.2) is 0 Å². The number of rotatable bonds is 5. The van der Waals surface area contributed by atoms with Crippen LogP contribution in [0.25, 0.3) is 0 Å². The fraction of sp³-hybridized carbons (Fsp3) is 0.812. The van der Waals surface area contributed by atoms with E-state index in [0.717, 1.165) is 28.7 Å². The van der Waals surface area contributed by atoms with Crippen molar-refractivity contribution < 1.29 is 0 Å². The molecule has 0 aromatic carbocycles. The second-order valence-corrected chi connectivity index (χ2v) is 6.63. The van der Waals surface area contributed by atoms with E-state index in [1.807, 2.05) is 18.7 Å². The van der Waals surface area contributed by atoms with Gasteiger partial charge in [-0.3, -0.25) is 4.68 Å². The van der Waals surface area contributed by atoms with Crippen molar-refractivity contribution in [3.63, 3.8) is 0 Å². The van der Waals surface area contributed by atoms with Crippen LogP contribution in [0.1, 0.15) is 56.3 Å². The van der Waals surface area contributed by atoms with Crippen molar-refractivity contribution >= 4 is 11.6 Å². The Morgan fingerprint density at radius 1 is 1.30 bits per heavy atom. The summed E-state index contributed by atoms with van der Waals surface area (Å²) in [5.74, 6) is 0.878. The number of hydrogen-bond donors (Lipinski definition) is 1. The number of nitrogens with one attached hydrogen (secondary N) is 1. The molecule has 0 saturated heterocycles. The molecule has 114 valence electrons. The Morgan fingerprint density at radius 3 is 2.45 bits per heavy atom. The van der Waals surface area contributed by atoms with Crippen LogP contribution in [0.4, 0.5) is 0 Å². The number of nitrogens with zero attached hydrogens (tertiary/aromatic N) is 2. The topological polar surface area (TPSA) is 29.9 Å². The molecule has 0 radical (unpaired) electrons. The monoisotopic (exact) mass is 297 g/mol. The minimum Gasteiger partial charge on any atom is -0.317 e. The first-order valence-corrected chi connectivity index (χ1v) is 8.34. The Hall–Kier alpha value is -0.540. The molecule has 4 heteroatoms. The smallest absolute Gasteiger partial charge is 0.0847 e. The normalized spacial score (nSPS) is 19.0. The quantitative estimate of drug-likeness (QED) is 0.836. The van der Waals surface area contributed by atoms with E-state index >= 15 is 0 Å². The second kappa shape index (κ2) is 7.46. The molecule has 0 amide bonds. The number of likely N-dealkylation sites (N-methyl/N-ethyl adjacent to an activating group) is 1. The van der Waals surface area contributed by atoms with Gasteiger partial charge in [-0.25, -0.2) is 0 Å². The highest BCUT2D eigenvalue weighted by molar-refractivity contribution is 6.31. The standard InChI is InChI=1S/C16H28ClN3/c1-12-16(17)15(20(3)19-12)11-14(18-2)10-13-8-6-4-5-7-9-13/h13-14,18H,4-11H2,1-3H3. The van der Waals surface area contributed by atoms with Gasteiger partial charge in [0.1, 0.15) is 0 Å². The first kappa shape index (κ1) is 15.8. The number of hydrogen-bond acceptors (Lipinski definition) is 2. The van der Waals surface area contributed by atoms with E-state index in [9.17, 15) is 0 Å². The Balaban J connectivity index is 1.97. The van der Waals surface area contributed by atoms with Crippen molar-refractivity contribution in [1.82, 2.24) is 15.1 Å². The van der Waals surface area contributed by atoms with E-state index in [1.54, 1.807) is 0 Å². The van der Waals surface area contributed by atoms with E-state index in [-0.39, 0.29) is 0 Å². The van der Waals surface area contributed by atoms with Crippen LogP contribution in [-0.2, 0) is 13.5 Å². The van der Waals surface area contributed by atoms with Gasteiger partial charge in [0.2, 0.25) is 0 Å². The Labute approximate surface area is 128 Å². The van der Waals surface area contributed by atoms with Crippen LogP contribution < -0.4 is 5.32 Å². The molecule has 1 aliphatic carbocycles. The molecule has 20 heavy (non-hydrogen) atoms. The predicted molar refractivity (Wildman–Crippen MR) is 85.3 cm³/mol. The Kier molecular flexibility index (Phi) is 5.91. The third kappa shape index (κ3) is 3.98. The molecule has 1 aliphatic rings. The second-order valence-electron chi connectivity index (χ2n) is 6.25. The fourth-order valence-corrected chi connectivity index (χ4v) is 3.68. The Bertz CT molecular complexity index is 420. The summed E-state index contributed by atoms with van der Waals surface area (Å²) in [4.78, 5) is 0. The third-order valence-electron chi connectivity index (χ3n) is 4.70. The average Bonchev–Trinajstić information content (AvgIpc) is 2.66. The molecule has 1 atom stereocenters. The van der Waals surface area contributed by atoms with Crippen LogP contribution in [0.5, 0.6) is 0 Å². The van der Waals surface area contributed by atoms with E-state index in [4.69, 9.17) is 11.6 Å². The molecule has 1 saturated carbocycles. The molecule has 3 nitrogen and oxygen atoms in total. The van der Waals surface area contributed by atoms with Crippen LogP contribution in [-0.4, -0.2) is 22.9 Å². The van der Waals surface area contributed by atoms with E-state index in [2.05, 4.69) is 17.5 Å². The van der Waals surface area contributed by atoms with Crippen molar-refractivity contribution in [2.45, 2.75) is 64.3 Å². The lowest BCUT2D eigenvalue weighted by Crippen LogP contribution is -2.31. The van der Waals surface area contributed by atoms with Crippen molar-refractivity contribution in [3.8, 4) is 0 Å². The van der Waals surface area contributed by atoms with Crippen LogP contribution in [0.3, 0.4) is 0 Å².